The molecule has 0 aromatic carbocycles. The summed E-state index contributed by atoms with van der Waals surface area (Å²) in [6.45, 7) is 26.5. The molecule has 0 aliphatic rings. The van der Waals surface area contributed by atoms with Gasteiger partial charge in [-0.3, -0.25) is 0 Å². The predicted octanol–water partition coefficient (Wildman–Crippen LogP) is 17.6. The average Bonchev–Trinajstić information content (AvgIpc) is 3.13. The molecular formula is C48H104N2. The van der Waals surface area contributed by atoms with Gasteiger partial charge in [0.2, 0.25) is 0 Å². The molecule has 0 radical (unpaired) electrons. The second-order valence-corrected chi connectivity index (χ2v) is 14.9. The number of hydrogen-bond acceptors (Lipinski definition) is 2. The van der Waals surface area contributed by atoms with E-state index in [1.165, 1.54) is 218 Å². The van der Waals surface area contributed by atoms with Gasteiger partial charge in [0.05, 0.1) is 0 Å². The normalized spacial score (nSPS) is 10.7. The molecule has 50 heavy (non-hydrogen) atoms. The monoisotopic (exact) mass is 709 g/mol. The van der Waals surface area contributed by atoms with Crippen LogP contribution in [0.4, 0.5) is 0 Å². The fourth-order valence-corrected chi connectivity index (χ4v) is 6.15. The van der Waals surface area contributed by atoms with Gasteiger partial charge in [0.25, 0.3) is 0 Å². The first-order valence-corrected chi connectivity index (χ1v) is 23.1. The van der Waals surface area contributed by atoms with Gasteiger partial charge in [-0.25, -0.2) is 0 Å². The highest BCUT2D eigenvalue weighted by Crippen LogP contribution is 2.19. The summed E-state index contributed by atoms with van der Waals surface area (Å²) in [5.41, 5.74) is 11.6. The topological polar surface area (TPSA) is 52.0 Å². The highest BCUT2D eigenvalue weighted by atomic mass is 14.5. The molecule has 0 aliphatic heterocycles. The Bertz CT molecular complexity index is 502. The molecule has 0 saturated heterocycles. The van der Waals surface area contributed by atoms with E-state index in [9.17, 15) is 0 Å². The molecule has 4 N–H and O–H groups in total. The van der Waals surface area contributed by atoms with Crippen molar-refractivity contribution in [2.24, 2.45) is 17.4 Å². The van der Waals surface area contributed by atoms with Crippen LogP contribution in [0.15, 0.2) is 25.4 Å². The molecule has 0 amide bonds. The zero-order chi connectivity index (χ0) is 38.6. The second-order valence-electron chi connectivity index (χ2n) is 14.9. The van der Waals surface area contributed by atoms with Crippen molar-refractivity contribution in [2.75, 3.05) is 6.54 Å². The largest absolute Gasteiger partial charge is 0.403 e. The maximum absolute atomic E-state index is 5.52. The Morgan fingerprint density at radius 1 is 0.380 bits per heavy atom. The minimum atomic E-state index is 0.843. The fraction of sp³-hybridized carbons (Fsp3) is 0.917. The molecule has 2 nitrogen and oxygen atoms in total. The first-order valence-electron chi connectivity index (χ1n) is 23.1. The predicted molar refractivity (Wildman–Crippen MR) is 238 cm³/mol. The lowest BCUT2D eigenvalue weighted by Gasteiger charge is -2.12. The Morgan fingerprint density at radius 2 is 0.660 bits per heavy atom. The van der Waals surface area contributed by atoms with Crippen LogP contribution in [0.25, 0.3) is 0 Å². The molecule has 2 heteroatoms. The van der Waals surface area contributed by atoms with E-state index < -0.39 is 0 Å². The maximum Gasteiger partial charge on any atom is 0.000744 e. The third-order valence-corrected chi connectivity index (χ3v) is 9.61. The smallest absolute Gasteiger partial charge is 0.000744 e. The molecule has 0 saturated carbocycles. The van der Waals surface area contributed by atoms with Crippen molar-refractivity contribution in [1.82, 2.24) is 0 Å². The third-order valence-electron chi connectivity index (χ3n) is 9.61. The number of unbranched alkanes of at least 4 members (excludes halogenated alkanes) is 26. The van der Waals surface area contributed by atoms with Crippen molar-refractivity contribution in [3.63, 3.8) is 0 Å². The molecule has 1 unspecified atom stereocenters. The number of allylic oxidation sites excluding steroid dienone is 1. The lowest BCUT2D eigenvalue weighted by Crippen LogP contribution is -1.97. The minimum Gasteiger partial charge on any atom is -0.403 e. The van der Waals surface area contributed by atoms with Crippen LogP contribution in [0.3, 0.4) is 0 Å². The lowest BCUT2D eigenvalue weighted by atomic mass is 9.94. The van der Waals surface area contributed by atoms with Gasteiger partial charge in [-0.1, -0.05) is 261 Å². The zero-order valence-electron chi connectivity index (χ0n) is 36.8. The van der Waals surface area contributed by atoms with Crippen molar-refractivity contribution in [2.45, 2.75) is 273 Å². The van der Waals surface area contributed by atoms with Crippen LogP contribution in [0.1, 0.15) is 273 Å². The van der Waals surface area contributed by atoms with Crippen LogP contribution < -0.4 is 11.5 Å². The summed E-state index contributed by atoms with van der Waals surface area (Å²) in [6, 6.07) is 0. The van der Waals surface area contributed by atoms with Crippen LogP contribution in [-0.4, -0.2) is 6.54 Å². The van der Waals surface area contributed by atoms with Crippen LogP contribution >= 0.6 is 0 Å². The molecule has 0 spiro atoms. The van der Waals surface area contributed by atoms with Crippen LogP contribution in [0, 0.1) is 5.92 Å². The molecule has 0 fully saturated rings. The standard InChI is InChI=1S/C15H31N.C13H28.C12H26.C6H15N.C2H4/c1-3-4-5-6-7-8-9-10-11-12-13-14-15(2)16;1-4-7-8-9-10-12-13(6-3)11-5-2;1-3-5-7-9-11-12-10-8-6-4-2;1-2-3-4-5-6-7;1-2/h2-14,16H2,1H3;13H,4-12H2,1-3H3;3-12H2,1-2H3;2-7H2,1H3;1-2H2. The van der Waals surface area contributed by atoms with E-state index in [2.05, 4.69) is 68.2 Å². The third kappa shape index (κ3) is 72.8. The molecule has 1 atom stereocenters. The Hall–Kier alpha value is -0.760. The second kappa shape index (κ2) is 63.3. The van der Waals surface area contributed by atoms with Gasteiger partial charge in [0, 0.05) is 5.70 Å². The van der Waals surface area contributed by atoms with Gasteiger partial charge in [0.1, 0.15) is 0 Å². The lowest BCUT2D eigenvalue weighted by molar-refractivity contribution is 0.409. The van der Waals surface area contributed by atoms with Crippen LogP contribution in [-0.2, 0) is 0 Å². The molecule has 0 aliphatic carbocycles. The number of hydrogen-bond donors (Lipinski definition) is 2. The van der Waals surface area contributed by atoms with Gasteiger partial charge in [-0.15, -0.1) is 13.2 Å². The molecule has 0 aromatic heterocycles. The van der Waals surface area contributed by atoms with Gasteiger partial charge in [0.15, 0.2) is 0 Å². The summed E-state index contributed by atoms with van der Waals surface area (Å²) < 4.78 is 0. The Labute approximate surface area is 321 Å². The molecule has 0 rings (SSSR count). The summed E-state index contributed by atoms with van der Waals surface area (Å²) in [4.78, 5) is 0. The summed E-state index contributed by atoms with van der Waals surface area (Å²) in [7, 11) is 0. The van der Waals surface area contributed by atoms with Crippen LogP contribution in [0.2, 0.25) is 0 Å². The Kier molecular flexibility index (Phi) is 74.1. The zero-order valence-corrected chi connectivity index (χ0v) is 36.8. The van der Waals surface area contributed by atoms with Crippen molar-refractivity contribution in [3.05, 3.63) is 25.4 Å². The molecule has 0 bridgehead atoms. The van der Waals surface area contributed by atoms with Crippen molar-refractivity contribution >= 4 is 0 Å². The minimum absolute atomic E-state index is 0.843. The van der Waals surface area contributed by atoms with Gasteiger partial charge in [-0.2, -0.15) is 0 Å². The van der Waals surface area contributed by atoms with E-state index in [1.807, 2.05) is 0 Å². The molecular weight excluding hydrogens is 605 g/mol. The van der Waals surface area contributed by atoms with Crippen molar-refractivity contribution in [1.29, 1.82) is 0 Å². The quantitative estimate of drug-likeness (QED) is 0.0516. The maximum atomic E-state index is 5.52. The van der Waals surface area contributed by atoms with Gasteiger partial charge < -0.3 is 11.5 Å². The SMILES string of the molecule is C=C.C=C(N)CCCCCCCCCCCCC.CCCCCCCC(CC)CCC.CCCCCCCCCCCC.CCCCCCN. The summed E-state index contributed by atoms with van der Waals surface area (Å²) >= 11 is 0. The van der Waals surface area contributed by atoms with E-state index in [-0.39, 0.29) is 0 Å². The van der Waals surface area contributed by atoms with Crippen LogP contribution in [0.5, 0.6) is 0 Å². The van der Waals surface area contributed by atoms with Gasteiger partial charge in [-0.05, 0) is 31.7 Å². The summed E-state index contributed by atoms with van der Waals surface area (Å²) in [5, 5.41) is 0. The average molecular weight is 709 g/mol. The molecule has 306 valence electrons. The highest BCUT2D eigenvalue weighted by Gasteiger charge is 2.03. The first kappa shape index (κ1) is 58.5. The summed E-state index contributed by atoms with van der Waals surface area (Å²) in [6.07, 6.45) is 48.8. The molecule has 0 heterocycles. The van der Waals surface area contributed by atoms with E-state index in [4.69, 9.17) is 11.5 Å². The summed E-state index contributed by atoms with van der Waals surface area (Å²) in [5.74, 6) is 1.02. The Balaban J connectivity index is -0.000000182. The number of nitrogens with two attached hydrogens (primary N) is 2. The molecule has 0 aromatic rings. The van der Waals surface area contributed by atoms with Gasteiger partial charge >= 0.3 is 0 Å². The number of rotatable bonds is 34. The fourth-order valence-electron chi connectivity index (χ4n) is 6.15. The van der Waals surface area contributed by atoms with Crippen molar-refractivity contribution in [3.8, 4) is 0 Å². The first-order chi connectivity index (χ1) is 24.4. The van der Waals surface area contributed by atoms with E-state index in [1.54, 1.807) is 0 Å². The highest BCUT2D eigenvalue weighted by molar-refractivity contribution is 4.84. The Morgan fingerprint density at radius 3 is 0.920 bits per heavy atom. The van der Waals surface area contributed by atoms with E-state index in [0.29, 0.717) is 0 Å². The van der Waals surface area contributed by atoms with E-state index >= 15 is 0 Å². The van der Waals surface area contributed by atoms with E-state index in [0.717, 1.165) is 24.6 Å². The van der Waals surface area contributed by atoms with Crippen molar-refractivity contribution < 1.29 is 0 Å².